The third-order valence-corrected chi connectivity index (χ3v) is 3.80. The molecule has 0 radical (unpaired) electrons. The number of rotatable bonds is 4. The van der Waals surface area contributed by atoms with Crippen molar-refractivity contribution in [1.29, 1.82) is 0 Å². The standard InChI is InChI=1S/C14H25N5/c1-12-3-5-13(6-4-12)18-14(15-2)17-8-10-19-9-7-16-11-19/h7,9,11-13H,3-6,8,10H2,1-2H3,(H2,15,17,18). The van der Waals surface area contributed by atoms with E-state index in [1.165, 1.54) is 25.7 Å². The number of hydrogen-bond donors (Lipinski definition) is 2. The molecule has 1 fully saturated rings. The van der Waals surface area contributed by atoms with E-state index in [2.05, 4.69) is 32.1 Å². The lowest BCUT2D eigenvalue weighted by atomic mass is 9.87. The summed E-state index contributed by atoms with van der Waals surface area (Å²) in [7, 11) is 1.83. The van der Waals surface area contributed by atoms with E-state index in [-0.39, 0.29) is 0 Å². The van der Waals surface area contributed by atoms with Gasteiger partial charge in [-0.3, -0.25) is 4.99 Å². The third kappa shape index (κ3) is 4.58. The number of nitrogens with zero attached hydrogens (tertiary/aromatic N) is 3. The highest BCUT2D eigenvalue weighted by molar-refractivity contribution is 5.79. The summed E-state index contributed by atoms with van der Waals surface area (Å²) in [5.41, 5.74) is 0. The molecule has 0 amide bonds. The van der Waals surface area contributed by atoms with Crippen LogP contribution in [-0.2, 0) is 6.54 Å². The summed E-state index contributed by atoms with van der Waals surface area (Å²) in [6.07, 6.45) is 10.8. The Hall–Kier alpha value is -1.52. The molecule has 1 aliphatic rings. The molecule has 2 N–H and O–H groups in total. The Kier molecular flexibility index (Phi) is 5.24. The van der Waals surface area contributed by atoms with Gasteiger partial charge >= 0.3 is 0 Å². The highest BCUT2D eigenvalue weighted by Crippen LogP contribution is 2.23. The largest absolute Gasteiger partial charge is 0.355 e. The lowest BCUT2D eigenvalue weighted by molar-refractivity contribution is 0.329. The summed E-state index contributed by atoms with van der Waals surface area (Å²) in [5, 5.41) is 6.88. The molecule has 0 unspecified atom stereocenters. The van der Waals surface area contributed by atoms with E-state index in [0.29, 0.717) is 6.04 Å². The summed E-state index contributed by atoms with van der Waals surface area (Å²) in [5.74, 6) is 1.80. The minimum absolute atomic E-state index is 0.579. The maximum absolute atomic E-state index is 4.29. The van der Waals surface area contributed by atoms with Crippen LogP contribution < -0.4 is 10.6 Å². The van der Waals surface area contributed by atoms with Crippen molar-refractivity contribution in [3.63, 3.8) is 0 Å². The summed E-state index contributed by atoms with van der Waals surface area (Å²) < 4.78 is 2.06. The van der Waals surface area contributed by atoms with Crippen molar-refractivity contribution in [3.8, 4) is 0 Å². The SMILES string of the molecule is CN=C(NCCn1ccnc1)NC1CCC(C)CC1. The van der Waals surface area contributed by atoms with Crippen LogP contribution in [0.15, 0.2) is 23.7 Å². The zero-order valence-corrected chi connectivity index (χ0v) is 12.0. The molecular weight excluding hydrogens is 238 g/mol. The predicted molar refractivity (Wildman–Crippen MR) is 78.1 cm³/mol. The third-order valence-electron chi connectivity index (χ3n) is 3.80. The van der Waals surface area contributed by atoms with E-state index < -0.39 is 0 Å². The quantitative estimate of drug-likeness (QED) is 0.641. The summed E-state index contributed by atoms with van der Waals surface area (Å²) in [6, 6.07) is 0.579. The van der Waals surface area contributed by atoms with Gasteiger partial charge in [0, 0.05) is 38.6 Å². The Morgan fingerprint density at radius 1 is 1.37 bits per heavy atom. The Morgan fingerprint density at radius 2 is 2.16 bits per heavy atom. The van der Waals surface area contributed by atoms with Gasteiger partial charge in [-0.15, -0.1) is 0 Å². The van der Waals surface area contributed by atoms with E-state index in [1.807, 2.05) is 19.6 Å². The zero-order chi connectivity index (χ0) is 13.5. The number of guanidine groups is 1. The van der Waals surface area contributed by atoms with Crippen LogP contribution >= 0.6 is 0 Å². The van der Waals surface area contributed by atoms with Crippen LogP contribution in [0.2, 0.25) is 0 Å². The second kappa shape index (κ2) is 7.16. The molecule has 1 saturated carbocycles. The van der Waals surface area contributed by atoms with Gasteiger partial charge in [0.05, 0.1) is 6.33 Å². The van der Waals surface area contributed by atoms with Crippen molar-refractivity contribution in [2.45, 2.75) is 45.2 Å². The molecular formula is C14H25N5. The number of imidazole rings is 1. The summed E-state index contributed by atoms with van der Waals surface area (Å²) >= 11 is 0. The molecule has 0 atom stereocenters. The minimum Gasteiger partial charge on any atom is -0.355 e. The lowest BCUT2D eigenvalue weighted by Gasteiger charge is -2.28. The fourth-order valence-electron chi connectivity index (χ4n) is 2.51. The number of nitrogens with one attached hydrogen (secondary N) is 2. The Balaban J connectivity index is 1.68. The van der Waals surface area contributed by atoms with Gasteiger partial charge in [0.2, 0.25) is 0 Å². The molecule has 0 aliphatic heterocycles. The molecule has 5 nitrogen and oxygen atoms in total. The Morgan fingerprint density at radius 3 is 2.79 bits per heavy atom. The Labute approximate surface area is 115 Å². The molecule has 2 rings (SSSR count). The molecule has 1 aromatic heterocycles. The maximum atomic E-state index is 4.29. The molecule has 19 heavy (non-hydrogen) atoms. The fourth-order valence-corrected chi connectivity index (χ4v) is 2.51. The second-order valence-corrected chi connectivity index (χ2v) is 5.40. The smallest absolute Gasteiger partial charge is 0.191 e. The monoisotopic (exact) mass is 263 g/mol. The molecule has 0 saturated heterocycles. The van der Waals surface area contributed by atoms with Crippen LogP contribution in [0.3, 0.4) is 0 Å². The molecule has 1 aliphatic carbocycles. The van der Waals surface area contributed by atoms with E-state index in [1.54, 1.807) is 6.20 Å². The molecule has 1 heterocycles. The van der Waals surface area contributed by atoms with Gasteiger partial charge in [0.25, 0.3) is 0 Å². The van der Waals surface area contributed by atoms with Crippen LogP contribution in [0.1, 0.15) is 32.6 Å². The average molecular weight is 263 g/mol. The first-order valence-electron chi connectivity index (χ1n) is 7.21. The van der Waals surface area contributed by atoms with Crippen molar-refractivity contribution in [3.05, 3.63) is 18.7 Å². The number of aromatic nitrogens is 2. The predicted octanol–water partition coefficient (Wildman–Crippen LogP) is 1.63. The second-order valence-electron chi connectivity index (χ2n) is 5.40. The fraction of sp³-hybridized carbons (Fsp3) is 0.714. The number of hydrogen-bond acceptors (Lipinski definition) is 2. The normalized spacial score (nSPS) is 24.2. The lowest BCUT2D eigenvalue weighted by Crippen LogP contribution is -2.45. The zero-order valence-electron chi connectivity index (χ0n) is 12.0. The highest BCUT2D eigenvalue weighted by atomic mass is 15.2. The Bertz CT molecular complexity index is 377. The van der Waals surface area contributed by atoms with Crippen LogP contribution in [0.4, 0.5) is 0 Å². The molecule has 1 aromatic rings. The topological polar surface area (TPSA) is 54.2 Å². The van der Waals surface area contributed by atoms with Gasteiger partial charge in [0.15, 0.2) is 5.96 Å². The molecule has 0 aromatic carbocycles. The first-order chi connectivity index (χ1) is 9.28. The average Bonchev–Trinajstić information content (AvgIpc) is 2.93. The van der Waals surface area contributed by atoms with Crippen molar-refractivity contribution in [2.24, 2.45) is 10.9 Å². The van der Waals surface area contributed by atoms with E-state index in [9.17, 15) is 0 Å². The molecule has 106 valence electrons. The van der Waals surface area contributed by atoms with Gasteiger partial charge in [-0.2, -0.15) is 0 Å². The van der Waals surface area contributed by atoms with Crippen LogP contribution in [-0.4, -0.2) is 35.1 Å². The minimum atomic E-state index is 0.579. The first-order valence-corrected chi connectivity index (χ1v) is 7.21. The first kappa shape index (κ1) is 13.9. The number of aliphatic imine (C=N–C) groups is 1. The van der Waals surface area contributed by atoms with Crippen molar-refractivity contribution in [2.75, 3.05) is 13.6 Å². The molecule has 5 heteroatoms. The summed E-state index contributed by atoms with van der Waals surface area (Å²) in [4.78, 5) is 8.32. The van der Waals surface area contributed by atoms with Gasteiger partial charge in [0.1, 0.15) is 0 Å². The van der Waals surface area contributed by atoms with Crippen molar-refractivity contribution in [1.82, 2.24) is 20.2 Å². The van der Waals surface area contributed by atoms with Gasteiger partial charge in [-0.1, -0.05) is 6.92 Å². The highest BCUT2D eigenvalue weighted by Gasteiger charge is 2.18. The van der Waals surface area contributed by atoms with E-state index in [4.69, 9.17) is 0 Å². The van der Waals surface area contributed by atoms with Crippen molar-refractivity contribution < 1.29 is 0 Å². The van der Waals surface area contributed by atoms with Gasteiger partial charge in [-0.25, -0.2) is 4.98 Å². The van der Waals surface area contributed by atoms with Crippen molar-refractivity contribution >= 4 is 5.96 Å². The van der Waals surface area contributed by atoms with Gasteiger partial charge in [-0.05, 0) is 31.6 Å². The van der Waals surface area contributed by atoms with Gasteiger partial charge < -0.3 is 15.2 Å². The van der Waals surface area contributed by atoms with Crippen LogP contribution in [0, 0.1) is 5.92 Å². The molecule has 0 spiro atoms. The summed E-state index contributed by atoms with van der Waals surface area (Å²) in [6.45, 7) is 4.11. The van der Waals surface area contributed by atoms with E-state index in [0.717, 1.165) is 25.0 Å². The van der Waals surface area contributed by atoms with E-state index >= 15 is 0 Å². The van der Waals surface area contributed by atoms with Crippen LogP contribution in [0.25, 0.3) is 0 Å². The van der Waals surface area contributed by atoms with Crippen LogP contribution in [0.5, 0.6) is 0 Å². The maximum Gasteiger partial charge on any atom is 0.191 e. The molecule has 0 bridgehead atoms.